The summed E-state index contributed by atoms with van der Waals surface area (Å²) in [5.74, 6) is -3.02. The van der Waals surface area contributed by atoms with Gasteiger partial charge in [-0.3, -0.25) is 19.2 Å². The minimum atomic E-state index is -1.54. The molecule has 0 heterocycles. The predicted molar refractivity (Wildman–Crippen MR) is 73.5 cm³/mol. The van der Waals surface area contributed by atoms with Crippen molar-refractivity contribution in [2.24, 2.45) is 0 Å². The van der Waals surface area contributed by atoms with Crippen LogP contribution in [0.1, 0.15) is 34.6 Å². The molecule has 0 aromatic heterocycles. The van der Waals surface area contributed by atoms with Gasteiger partial charge in [-0.25, -0.2) is 0 Å². The quantitative estimate of drug-likeness (QED) is 0.476. The lowest BCUT2D eigenvalue weighted by molar-refractivity contribution is -0.192. The largest absolute Gasteiger partial charge is 0.459 e. The van der Waals surface area contributed by atoms with Crippen molar-refractivity contribution in [3.63, 3.8) is 0 Å². The zero-order chi connectivity index (χ0) is 18.2. The molecule has 0 fully saturated rings. The second kappa shape index (κ2) is 9.40. The molecule has 4 atom stereocenters. The maximum atomic E-state index is 11.3. The van der Waals surface area contributed by atoms with Gasteiger partial charge in [0.05, 0.1) is 0 Å². The number of carbonyl (C=O) groups excluding carboxylic acids is 4. The minimum Gasteiger partial charge on any atom is -0.459 e. The molecule has 0 radical (unpaired) electrons. The highest BCUT2D eigenvalue weighted by Crippen LogP contribution is 2.18. The van der Waals surface area contributed by atoms with Gasteiger partial charge in [0.1, 0.15) is 12.2 Å². The van der Waals surface area contributed by atoms with Crippen LogP contribution in [0.15, 0.2) is 0 Å². The smallest absolute Gasteiger partial charge is 0.304 e. The Kier molecular flexibility index (Phi) is 8.33. The number of nitrogens with zero attached hydrogens (tertiary/aromatic N) is 1. The summed E-state index contributed by atoms with van der Waals surface area (Å²) in [4.78, 5) is 44.7. The monoisotopic (exact) mass is 329 g/mol. The lowest BCUT2D eigenvalue weighted by atomic mass is 10.0. The van der Waals surface area contributed by atoms with Crippen LogP contribution in [0.3, 0.4) is 0 Å². The zero-order valence-electron chi connectivity index (χ0n) is 13.5. The average molecular weight is 329 g/mol. The Morgan fingerprint density at radius 1 is 0.739 bits per heavy atom. The molecule has 0 spiro atoms. The molecule has 0 N–H and O–H groups in total. The van der Waals surface area contributed by atoms with Crippen LogP contribution >= 0.6 is 0 Å². The van der Waals surface area contributed by atoms with Crippen molar-refractivity contribution in [1.82, 2.24) is 0 Å². The Morgan fingerprint density at radius 2 is 1.13 bits per heavy atom. The minimum absolute atomic E-state index is 0.669. The maximum absolute atomic E-state index is 11.3. The lowest BCUT2D eigenvalue weighted by Gasteiger charge is -2.31. The number of hydrogen-bond acceptors (Lipinski definition) is 9. The molecule has 0 aliphatic carbocycles. The van der Waals surface area contributed by atoms with Crippen molar-refractivity contribution in [3.8, 4) is 6.07 Å². The van der Waals surface area contributed by atoms with Gasteiger partial charge in [0.2, 0.25) is 6.10 Å². The molecule has 0 saturated carbocycles. The summed E-state index contributed by atoms with van der Waals surface area (Å²) in [6.07, 6.45) is -5.38. The van der Waals surface area contributed by atoms with Crippen molar-refractivity contribution in [3.05, 3.63) is 0 Å². The summed E-state index contributed by atoms with van der Waals surface area (Å²) >= 11 is 0. The molecule has 0 aromatic carbocycles. The van der Waals surface area contributed by atoms with E-state index in [0.29, 0.717) is 0 Å². The molecule has 0 saturated heterocycles. The van der Waals surface area contributed by atoms with Crippen molar-refractivity contribution >= 4 is 23.9 Å². The molecule has 0 rings (SSSR count). The second-order valence-electron chi connectivity index (χ2n) is 4.62. The van der Waals surface area contributed by atoms with Crippen LogP contribution in [0.4, 0.5) is 0 Å². The zero-order valence-corrected chi connectivity index (χ0v) is 13.5. The van der Waals surface area contributed by atoms with Crippen molar-refractivity contribution in [2.75, 3.05) is 0 Å². The number of hydrogen-bond donors (Lipinski definition) is 0. The van der Waals surface area contributed by atoms with E-state index in [1.165, 1.54) is 6.92 Å². The second-order valence-corrected chi connectivity index (χ2v) is 4.62. The fraction of sp³-hybridized carbons (Fsp3) is 0.643. The molecule has 0 amide bonds. The third-order valence-electron chi connectivity index (χ3n) is 2.46. The Morgan fingerprint density at radius 3 is 1.48 bits per heavy atom. The molecule has 0 aliphatic heterocycles. The molecule has 9 nitrogen and oxygen atoms in total. The van der Waals surface area contributed by atoms with E-state index in [1.807, 2.05) is 0 Å². The van der Waals surface area contributed by atoms with Gasteiger partial charge in [-0.1, -0.05) is 0 Å². The molecule has 0 aromatic rings. The first-order valence-corrected chi connectivity index (χ1v) is 6.67. The van der Waals surface area contributed by atoms with E-state index in [1.54, 1.807) is 6.07 Å². The molecule has 0 unspecified atom stereocenters. The van der Waals surface area contributed by atoms with Crippen LogP contribution in [0.25, 0.3) is 0 Å². The third-order valence-corrected chi connectivity index (χ3v) is 2.46. The van der Waals surface area contributed by atoms with Crippen molar-refractivity contribution in [2.45, 2.75) is 59.0 Å². The van der Waals surface area contributed by atoms with Gasteiger partial charge in [0, 0.05) is 27.7 Å². The fourth-order valence-electron chi connectivity index (χ4n) is 1.79. The summed E-state index contributed by atoms with van der Waals surface area (Å²) in [5.41, 5.74) is 0. The first-order valence-electron chi connectivity index (χ1n) is 6.67. The molecular weight excluding hydrogens is 310 g/mol. The highest BCUT2D eigenvalue weighted by Gasteiger charge is 2.41. The van der Waals surface area contributed by atoms with E-state index in [9.17, 15) is 19.2 Å². The summed E-state index contributed by atoms with van der Waals surface area (Å²) < 4.78 is 19.7. The van der Waals surface area contributed by atoms with Gasteiger partial charge < -0.3 is 18.9 Å². The van der Waals surface area contributed by atoms with Gasteiger partial charge in [0.15, 0.2) is 12.2 Å². The number of nitriles is 1. The Labute approximate surface area is 133 Å². The van der Waals surface area contributed by atoms with Crippen LogP contribution in [0.5, 0.6) is 0 Å². The molecular formula is C14H19NO8. The number of rotatable bonds is 7. The van der Waals surface area contributed by atoms with Crippen molar-refractivity contribution in [1.29, 1.82) is 5.26 Å². The normalized spacial score (nSPS) is 15.1. The predicted octanol–water partition coefficient (Wildman–Crippen LogP) is 0.257. The topological polar surface area (TPSA) is 129 Å². The Balaban J connectivity index is 5.63. The first kappa shape index (κ1) is 20.4. The molecule has 0 bridgehead atoms. The van der Waals surface area contributed by atoms with E-state index in [4.69, 9.17) is 24.2 Å². The van der Waals surface area contributed by atoms with Crippen LogP contribution in [0, 0.1) is 11.3 Å². The number of ether oxygens (including phenoxy) is 4. The fourth-order valence-corrected chi connectivity index (χ4v) is 1.79. The first-order chi connectivity index (χ1) is 10.6. The standard InChI is InChI=1S/C14H19NO8/c1-7(20-8(2)16)13(22-10(4)18)14(23-11(5)19)12(6-15)21-9(3)17/h7,12-14H,1-5H3/t7-,12-,13+,14-/m1/s1. The molecule has 128 valence electrons. The summed E-state index contributed by atoms with van der Waals surface area (Å²) in [6, 6.07) is 1.65. The van der Waals surface area contributed by atoms with E-state index < -0.39 is 48.3 Å². The van der Waals surface area contributed by atoms with Crippen LogP contribution < -0.4 is 0 Å². The van der Waals surface area contributed by atoms with E-state index >= 15 is 0 Å². The Bertz CT molecular complexity index is 509. The van der Waals surface area contributed by atoms with Gasteiger partial charge in [-0.05, 0) is 6.92 Å². The molecule has 23 heavy (non-hydrogen) atoms. The summed E-state index contributed by atoms with van der Waals surface area (Å²) in [7, 11) is 0. The summed E-state index contributed by atoms with van der Waals surface area (Å²) in [6.45, 7) is 5.73. The van der Waals surface area contributed by atoms with Gasteiger partial charge >= 0.3 is 23.9 Å². The number of carbonyl (C=O) groups is 4. The lowest BCUT2D eigenvalue weighted by Crippen LogP contribution is -2.50. The van der Waals surface area contributed by atoms with Crippen LogP contribution in [-0.4, -0.2) is 48.3 Å². The van der Waals surface area contributed by atoms with Crippen LogP contribution in [0.2, 0.25) is 0 Å². The third kappa shape index (κ3) is 7.80. The number of esters is 4. The molecule has 9 heteroatoms. The van der Waals surface area contributed by atoms with E-state index in [0.717, 1.165) is 27.7 Å². The average Bonchev–Trinajstić information content (AvgIpc) is 2.38. The molecule has 0 aliphatic rings. The van der Waals surface area contributed by atoms with E-state index in [2.05, 4.69) is 0 Å². The highest BCUT2D eigenvalue weighted by atomic mass is 16.6. The van der Waals surface area contributed by atoms with E-state index in [-0.39, 0.29) is 0 Å². The highest BCUT2D eigenvalue weighted by molar-refractivity contribution is 5.69. The van der Waals surface area contributed by atoms with Gasteiger partial charge in [-0.15, -0.1) is 0 Å². The van der Waals surface area contributed by atoms with Gasteiger partial charge in [-0.2, -0.15) is 5.26 Å². The maximum Gasteiger partial charge on any atom is 0.304 e. The van der Waals surface area contributed by atoms with Gasteiger partial charge in [0.25, 0.3) is 0 Å². The summed E-state index contributed by atoms with van der Waals surface area (Å²) in [5, 5.41) is 9.14. The van der Waals surface area contributed by atoms with Crippen LogP contribution in [-0.2, 0) is 38.1 Å². The Hall–Kier alpha value is -2.63. The SMILES string of the molecule is CC(=O)O[C@H]([C@H](OC(C)=O)[C@@H](C#N)OC(C)=O)[C@@H](C)OC(C)=O. The van der Waals surface area contributed by atoms with Crippen molar-refractivity contribution < 1.29 is 38.1 Å².